The fourth-order valence-electron chi connectivity index (χ4n) is 2.02. The second-order valence-corrected chi connectivity index (χ2v) is 6.19. The minimum atomic E-state index is -0.587. The van der Waals surface area contributed by atoms with Crippen molar-refractivity contribution in [2.24, 2.45) is 0 Å². The molecule has 0 bridgehead atoms. The van der Waals surface area contributed by atoms with Crippen LogP contribution < -0.4 is 5.32 Å². The highest BCUT2D eigenvalue weighted by molar-refractivity contribution is 9.10. The molecule has 120 valence electrons. The van der Waals surface area contributed by atoms with Gasteiger partial charge in [0.05, 0.1) is 11.6 Å². The highest BCUT2D eigenvalue weighted by Gasteiger charge is 2.14. The lowest BCUT2D eigenvalue weighted by Crippen LogP contribution is -2.31. The molecule has 1 atom stereocenters. The number of esters is 1. The predicted molar refractivity (Wildman–Crippen MR) is 92.4 cm³/mol. The molecule has 0 spiro atoms. The Kier molecular flexibility index (Phi) is 6.19. The maximum Gasteiger partial charge on any atom is 0.338 e. The highest BCUT2D eigenvalue weighted by Crippen LogP contribution is 2.22. The van der Waals surface area contributed by atoms with Crippen molar-refractivity contribution in [3.8, 4) is 0 Å². The Balaban J connectivity index is 1.88. The molecule has 1 N–H and O–H groups in total. The Bertz CT molecular complexity index is 720. The average molecular weight is 397 g/mol. The smallest absolute Gasteiger partial charge is 0.338 e. The summed E-state index contributed by atoms with van der Waals surface area (Å²) in [5.74, 6) is -0.958. The number of nitrogens with one attached hydrogen (secondary N) is 1. The van der Waals surface area contributed by atoms with Crippen molar-refractivity contribution in [1.29, 1.82) is 0 Å². The van der Waals surface area contributed by atoms with Gasteiger partial charge in [-0.3, -0.25) is 4.79 Å². The summed E-state index contributed by atoms with van der Waals surface area (Å²) in [5, 5.41) is 3.22. The van der Waals surface area contributed by atoms with Crippen LogP contribution in [0.3, 0.4) is 0 Å². The molecule has 0 unspecified atom stereocenters. The van der Waals surface area contributed by atoms with Gasteiger partial charge in [-0.25, -0.2) is 4.79 Å². The van der Waals surface area contributed by atoms with Gasteiger partial charge < -0.3 is 10.1 Å². The van der Waals surface area contributed by atoms with Crippen LogP contribution in [0.25, 0.3) is 0 Å². The number of rotatable bonds is 5. The van der Waals surface area contributed by atoms with Gasteiger partial charge in [-0.05, 0) is 36.8 Å². The number of amides is 1. The third kappa shape index (κ3) is 5.08. The number of hydrogen-bond acceptors (Lipinski definition) is 3. The third-order valence-corrected chi connectivity index (χ3v) is 4.10. The van der Waals surface area contributed by atoms with Crippen molar-refractivity contribution in [2.75, 3.05) is 6.61 Å². The fourth-order valence-corrected chi connectivity index (χ4v) is 2.84. The second kappa shape index (κ2) is 8.13. The molecule has 0 aliphatic heterocycles. The van der Waals surface area contributed by atoms with Crippen molar-refractivity contribution in [3.63, 3.8) is 0 Å². The lowest BCUT2D eigenvalue weighted by atomic mass is 10.1. The fraction of sp³-hybridized carbons (Fsp3) is 0.176. The maximum atomic E-state index is 11.9. The van der Waals surface area contributed by atoms with Crippen molar-refractivity contribution in [3.05, 3.63) is 69.2 Å². The molecule has 0 fully saturated rings. The molecule has 0 aromatic heterocycles. The minimum absolute atomic E-state index is 0.206. The van der Waals surface area contributed by atoms with Crippen LogP contribution in [0.1, 0.15) is 28.9 Å². The Morgan fingerprint density at radius 3 is 2.65 bits per heavy atom. The lowest BCUT2D eigenvalue weighted by molar-refractivity contribution is -0.124. The Morgan fingerprint density at radius 2 is 1.96 bits per heavy atom. The number of halogens is 2. The van der Waals surface area contributed by atoms with Crippen LogP contribution in [0.2, 0.25) is 5.02 Å². The van der Waals surface area contributed by atoms with E-state index in [9.17, 15) is 9.59 Å². The molecule has 4 nitrogen and oxygen atoms in total. The molecular weight excluding hydrogens is 382 g/mol. The van der Waals surface area contributed by atoms with Crippen LogP contribution in [0, 0.1) is 0 Å². The minimum Gasteiger partial charge on any atom is -0.452 e. The summed E-state index contributed by atoms with van der Waals surface area (Å²) >= 11 is 9.25. The number of hydrogen-bond donors (Lipinski definition) is 1. The highest BCUT2D eigenvalue weighted by atomic mass is 79.9. The normalized spacial score (nSPS) is 11.6. The zero-order valence-electron chi connectivity index (χ0n) is 12.4. The summed E-state index contributed by atoms with van der Waals surface area (Å²) in [6.07, 6.45) is 0. The molecule has 0 aliphatic rings. The van der Waals surface area contributed by atoms with E-state index in [-0.39, 0.29) is 18.6 Å². The first-order chi connectivity index (χ1) is 11.0. The van der Waals surface area contributed by atoms with E-state index in [1.165, 1.54) is 6.07 Å². The quantitative estimate of drug-likeness (QED) is 0.773. The van der Waals surface area contributed by atoms with Crippen LogP contribution in [-0.2, 0) is 9.53 Å². The van der Waals surface area contributed by atoms with Crippen LogP contribution in [0.5, 0.6) is 0 Å². The first-order valence-corrected chi connectivity index (χ1v) is 8.11. The SMILES string of the molecule is C[C@H](NC(=O)COC(=O)c1cccc(Cl)c1)c1ccccc1Br. The summed E-state index contributed by atoms with van der Waals surface area (Å²) in [6.45, 7) is 1.51. The lowest BCUT2D eigenvalue weighted by Gasteiger charge is -2.15. The van der Waals surface area contributed by atoms with E-state index in [4.69, 9.17) is 16.3 Å². The Hall–Kier alpha value is -1.85. The molecule has 0 radical (unpaired) electrons. The number of carbonyl (C=O) groups is 2. The molecule has 0 saturated carbocycles. The summed E-state index contributed by atoms with van der Waals surface area (Å²) in [7, 11) is 0. The standard InChI is InChI=1S/C17H15BrClNO3/c1-11(14-7-2-3-8-15(14)18)20-16(21)10-23-17(22)12-5-4-6-13(19)9-12/h2-9,11H,10H2,1H3,(H,20,21)/t11-/m0/s1. The number of benzene rings is 2. The zero-order chi connectivity index (χ0) is 16.8. The molecule has 2 aromatic rings. The van der Waals surface area contributed by atoms with Gasteiger partial charge in [0, 0.05) is 9.50 Å². The molecule has 23 heavy (non-hydrogen) atoms. The number of ether oxygens (including phenoxy) is 1. The Labute approximate surface area is 147 Å². The van der Waals surface area contributed by atoms with Crippen LogP contribution in [0.15, 0.2) is 53.0 Å². The summed E-state index contributed by atoms with van der Waals surface area (Å²) < 4.78 is 5.90. The van der Waals surface area contributed by atoms with E-state index in [2.05, 4.69) is 21.2 Å². The Morgan fingerprint density at radius 1 is 1.22 bits per heavy atom. The van der Waals surface area contributed by atoms with Gasteiger partial charge in [0.1, 0.15) is 0 Å². The van der Waals surface area contributed by atoms with Gasteiger partial charge in [0.2, 0.25) is 0 Å². The topological polar surface area (TPSA) is 55.4 Å². The average Bonchev–Trinajstić information content (AvgIpc) is 2.53. The van der Waals surface area contributed by atoms with E-state index in [0.717, 1.165) is 10.0 Å². The van der Waals surface area contributed by atoms with Crippen molar-refractivity contribution in [1.82, 2.24) is 5.32 Å². The van der Waals surface area contributed by atoms with Crippen LogP contribution >= 0.6 is 27.5 Å². The number of carbonyl (C=O) groups excluding carboxylic acids is 2. The van der Waals surface area contributed by atoms with E-state index in [0.29, 0.717) is 10.6 Å². The molecule has 2 rings (SSSR count). The van der Waals surface area contributed by atoms with Crippen molar-refractivity contribution >= 4 is 39.4 Å². The summed E-state index contributed by atoms with van der Waals surface area (Å²) in [6, 6.07) is 13.8. The molecule has 0 saturated heterocycles. The molecule has 0 heterocycles. The van der Waals surface area contributed by atoms with Gasteiger partial charge in [-0.15, -0.1) is 0 Å². The molecule has 0 aliphatic carbocycles. The van der Waals surface area contributed by atoms with E-state index in [1.807, 2.05) is 31.2 Å². The second-order valence-electron chi connectivity index (χ2n) is 4.90. The van der Waals surface area contributed by atoms with Gasteiger partial charge in [0.25, 0.3) is 5.91 Å². The predicted octanol–water partition coefficient (Wildman–Crippen LogP) is 4.14. The monoisotopic (exact) mass is 395 g/mol. The van der Waals surface area contributed by atoms with Gasteiger partial charge in [-0.2, -0.15) is 0 Å². The molecule has 6 heteroatoms. The molecule has 2 aromatic carbocycles. The maximum absolute atomic E-state index is 11.9. The largest absolute Gasteiger partial charge is 0.452 e. The van der Waals surface area contributed by atoms with Crippen LogP contribution in [-0.4, -0.2) is 18.5 Å². The summed E-state index contributed by atoms with van der Waals surface area (Å²) in [4.78, 5) is 23.8. The van der Waals surface area contributed by atoms with Gasteiger partial charge in [-0.1, -0.05) is 51.8 Å². The van der Waals surface area contributed by atoms with Crippen LogP contribution in [0.4, 0.5) is 0 Å². The third-order valence-electron chi connectivity index (χ3n) is 3.14. The van der Waals surface area contributed by atoms with Gasteiger partial charge in [0.15, 0.2) is 6.61 Å². The first-order valence-electron chi connectivity index (χ1n) is 6.94. The molecular formula is C17H15BrClNO3. The van der Waals surface area contributed by atoms with E-state index < -0.39 is 5.97 Å². The van der Waals surface area contributed by atoms with Crippen molar-refractivity contribution in [2.45, 2.75) is 13.0 Å². The van der Waals surface area contributed by atoms with E-state index in [1.54, 1.807) is 18.2 Å². The van der Waals surface area contributed by atoms with Crippen molar-refractivity contribution < 1.29 is 14.3 Å². The molecule has 1 amide bonds. The van der Waals surface area contributed by atoms with Gasteiger partial charge >= 0.3 is 5.97 Å². The summed E-state index contributed by atoms with van der Waals surface area (Å²) in [5.41, 5.74) is 1.26. The zero-order valence-corrected chi connectivity index (χ0v) is 14.7. The van der Waals surface area contributed by atoms with E-state index >= 15 is 0 Å². The first kappa shape index (κ1) is 17.5.